The Morgan fingerprint density at radius 2 is 1.95 bits per heavy atom. The van der Waals surface area contributed by atoms with Gasteiger partial charge in [0.05, 0.1) is 11.9 Å². The fourth-order valence-corrected chi connectivity index (χ4v) is 4.50. The summed E-state index contributed by atoms with van der Waals surface area (Å²) in [7, 11) is 0. The minimum atomic E-state index is -0.152. The summed E-state index contributed by atoms with van der Waals surface area (Å²) in [4.78, 5) is 24.3. The first-order valence-corrected chi connectivity index (χ1v) is 13.0. The minimum absolute atomic E-state index is 0.0405. The average Bonchev–Trinajstić information content (AvgIpc) is 3.47. The van der Waals surface area contributed by atoms with Crippen LogP contribution in [0.3, 0.4) is 0 Å². The fourth-order valence-electron chi connectivity index (χ4n) is 4.50. The molecule has 4 aromatic rings. The maximum atomic E-state index is 12.0. The van der Waals surface area contributed by atoms with Crippen LogP contribution in [0.4, 0.5) is 11.5 Å². The predicted octanol–water partition coefficient (Wildman–Crippen LogP) is 4.56. The van der Waals surface area contributed by atoms with E-state index in [2.05, 4.69) is 44.8 Å². The minimum Gasteiger partial charge on any atom is -0.484 e. The van der Waals surface area contributed by atoms with E-state index in [9.17, 15) is 4.79 Å². The van der Waals surface area contributed by atoms with Crippen LogP contribution in [-0.4, -0.2) is 56.7 Å². The van der Waals surface area contributed by atoms with Crippen LogP contribution < -0.4 is 15.4 Å². The zero-order valence-electron chi connectivity index (χ0n) is 22.0. The van der Waals surface area contributed by atoms with Gasteiger partial charge in [-0.1, -0.05) is 31.2 Å². The second-order valence-electron chi connectivity index (χ2n) is 9.67. The lowest BCUT2D eigenvalue weighted by molar-refractivity contribution is -0.123. The first-order chi connectivity index (χ1) is 18.5. The molecule has 3 N–H and O–H groups in total. The van der Waals surface area contributed by atoms with Crippen LogP contribution in [0, 0.1) is 0 Å². The molecular formula is C29H33N7O2. The molecule has 2 aromatic heterocycles. The van der Waals surface area contributed by atoms with Crippen molar-refractivity contribution < 1.29 is 9.53 Å². The van der Waals surface area contributed by atoms with Crippen LogP contribution in [0.2, 0.25) is 0 Å². The van der Waals surface area contributed by atoms with Gasteiger partial charge < -0.3 is 15.4 Å². The number of nitrogens with zero attached hydrogens (tertiary/aromatic N) is 4. The molecule has 0 radical (unpaired) electrons. The van der Waals surface area contributed by atoms with E-state index < -0.39 is 0 Å². The number of aromatic nitrogens is 4. The van der Waals surface area contributed by atoms with E-state index in [-0.39, 0.29) is 18.6 Å². The Hall–Kier alpha value is -4.24. The van der Waals surface area contributed by atoms with Gasteiger partial charge >= 0.3 is 0 Å². The van der Waals surface area contributed by atoms with Gasteiger partial charge in [-0.05, 0) is 50.2 Å². The highest BCUT2D eigenvalue weighted by Crippen LogP contribution is 2.31. The van der Waals surface area contributed by atoms with E-state index in [1.165, 1.54) is 0 Å². The van der Waals surface area contributed by atoms with Crippen molar-refractivity contribution in [3.63, 3.8) is 0 Å². The van der Waals surface area contributed by atoms with Crippen molar-refractivity contribution in [3.05, 3.63) is 72.2 Å². The predicted molar refractivity (Wildman–Crippen MR) is 148 cm³/mol. The molecule has 2 aromatic carbocycles. The van der Waals surface area contributed by atoms with Crippen LogP contribution in [-0.2, 0) is 17.8 Å². The number of H-pyrrole nitrogens is 1. The molecule has 0 fully saturated rings. The SMILES string of the molecule is CCN1CCc2nc(-c3cccc(OCC(=O)NC(C)C)c3)nc(Nc3ccc(-c4cn[nH]c4)cc3)c2C1. The van der Waals surface area contributed by atoms with E-state index in [1.54, 1.807) is 0 Å². The summed E-state index contributed by atoms with van der Waals surface area (Å²) in [5.41, 5.74) is 6.10. The summed E-state index contributed by atoms with van der Waals surface area (Å²) < 4.78 is 5.74. The topological polar surface area (TPSA) is 108 Å². The summed E-state index contributed by atoms with van der Waals surface area (Å²) in [5.74, 6) is 1.88. The first-order valence-electron chi connectivity index (χ1n) is 13.0. The number of nitrogens with one attached hydrogen (secondary N) is 3. The van der Waals surface area contributed by atoms with Crippen LogP contribution >= 0.6 is 0 Å². The normalized spacial score (nSPS) is 13.3. The molecule has 0 spiro atoms. The van der Waals surface area contributed by atoms with Crippen molar-refractivity contribution in [2.75, 3.05) is 25.0 Å². The highest BCUT2D eigenvalue weighted by atomic mass is 16.5. The first kappa shape index (κ1) is 25.4. The summed E-state index contributed by atoms with van der Waals surface area (Å²) in [5, 5.41) is 13.3. The molecule has 0 saturated heterocycles. The third-order valence-corrected chi connectivity index (χ3v) is 6.48. The third kappa shape index (κ3) is 6.00. The molecule has 0 atom stereocenters. The lowest BCUT2D eigenvalue weighted by Crippen LogP contribution is -2.34. The van der Waals surface area contributed by atoms with Gasteiger partial charge in [-0.2, -0.15) is 5.10 Å². The van der Waals surface area contributed by atoms with Gasteiger partial charge in [0.1, 0.15) is 11.6 Å². The average molecular weight is 512 g/mol. The van der Waals surface area contributed by atoms with E-state index in [1.807, 2.05) is 62.6 Å². The Morgan fingerprint density at radius 3 is 2.68 bits per heavy atom. The van der Waals surface area contributed by atoms with Crippen molar-refractivity contribution in [2.24, 2.45) is 0 Å². The molecule has 5 rings (SSSR count). The second-order valence-corrected chi connectivity index (χ2v) is 9.67. The Kier molecular flexibility index (Phi) is 7.65. The number of benzene rings is 2. The smallest absolute Gasteiger partial charge is 0.258 e. The Morgan fingerprint density at radius 1 is 1.11 bits per heavy atom. The zero-order valence-corrected chi connectivity index (χ0v) is 22.0. The van der Waals surface area contributed by atoms with Gasteiger partial charge in [-0.15, -0.1) is 0 Å². The van der Waals surface area contributed by atoms with Crippen molar-refractivity contribution in [1.82, 2.24) is 30.4 Å². The number of carbonyl (C=O) groups is 1. The quantitative estimate of drug-likeness (QED) is 0.302. The van der Waals surface area contributed by atoms with Crippen LogP contribution in [0.15, 0.2) is 60.9 Å². The van der Waals surface area contributed by atoms with Gasteiger partial charge in [0, 0.05) is 54.1 Å². The lowest BCUT2D eigenvalue weighted by Gasteiger charge is -2.28. The maximum Gasteiger partial charge on any atom is 0.258 e. The standard InChI is InChI=1S/C29H33N7O2/c1-4-36-13-12-26-25(17-36)29(33-23-10-8-20(9-11-23)22-15-30-31-16-22)35-28(34-26)21-6-5-7-24(14-21)38-18-27(37)32-19(2)3/h5-11,14-16,19H,4,12-13,17-18H2,1-3H3,(H,30,31)(H,32,37)(H,33,34,35). The summed E-state index contributed by atoms with van der Waals surface area (Å²) in [6, 6.07) is 15.9. The largest absolute Gasteiger partial charge is 0.484 e. The van der Waals surface area contributed by atoms with E-state index in [0.29, 0.717) is 11.6 Å². The van der Waals surface area contributed by atoms with Gasteiger partial charge in [0.2, 0.25) is 0 Å². The van der Waals surface area contributed by atoms with Crippen LogP contribution in [0.1, 0.15) is 32.0 Å². The molecule has 1 aliphatic rings. The number of carbonyl (C=O) groups excluding carboxylic acids is 1. The van der Waals surface area contributed by atoms with Crippen LogP contribution in [0.25, 0.3) is 22.5 Å². The molecule has 0 unspecified atom stereocenters. The molecule has 1 amide bonds. The Bertz CT molecular complexity index is 1380. The van der Waals surface area contributed by atoms with Gasteiger partial charge in [0.25, 0.3) is 5.91 Å². The van der Waals surface area contributed by atoms with E-state index >= 15 is 0 Å². The number of fused-ring (bicyclic) bond motifs is 1. The molecule has 0 aliphatic carbocycles. The van der Waals surface area contributed by atoms with Crippen LogP contribution in [0.5, 0.6) is 5.75 Å². The summed E-state index contributed by atoms with van der Waals surface area (Å²) >= 11 is 0. The monoisotopic (exact) mass is 511 g/mol. The molecule has 0 bridgehead atoms. The number of hydrogen-bond donors (Lipinski definition) is 3. The molecule has 1 aliphatic heterocycles. The molecule has 9 heteroatoms. The summed E-state index contributed by atoms with van der Waals surface area (Å²) in [6.45, 7) is 8.72. The van der Waals surface area contributed by atoms with Gasteiger partial charge in [0.15, 0.2) is 12.4 Å². The van der Waals surface area contributed by atoms with Gasteiger partial charge in [-0.3, -0.25) is 14.8 Å². The van der Waals surface area contributed by atoms with Crippen molar-refractivity contribution in [3.8, 4) is 28.3 Å². The number of aromatic amines is 1. The van der Waals surface area contributed by atoms with E-state index in [0.717, 1.165) is 65.5 Å². The number of amides is 1. The van der Waals surface area contributed by atoms with Crippen molar-refractivity contribution in [1.29, 1.82) is 0 Å². The van der Waals surface area contributed by atoms with Crippen molar-refractivity contribution >= 4 is 17.4 Å². The third-order valence-electron chi connectivity index (χ3n) is 6.48. The number of ether oxygens (including phenoxy) is 1. The Labute approximate surface area is 222 Å². The van der Waals surface area contributed by atoms with E-state index in [4.69, 9.17) is 14.7 Å². The lowest BCUT2D eigenvalue weighted by atomic mass is 10.0. The summed E-state index contributed by atoms with van der Waals surface area (Å²) in [6.07, 6.45) is 4.55. The van der Waals surface area contributed by atoms with Gasteiger partial charge in [-0.25, -0.2) is 9.97 Å². The highest BCUT2D eigenvalue weighted by molar-refractivity contribution is 5.77. The number of anilines is 2. The molecular weight excluding hydrogens is 478 g/mol. The molecule has 196 valence electrons. The fraction of sp³-hybridized carbons (Fsp3) is 0.310. The number of likely N-dealkylation sites (N-methyl/N-ethyl adjacent to an activating group) is 1. The number of hydrogen-bond acceptors (Lipinski definition) is 7. The van der Waals surface area contributed by atoms with Crippen molar-refractivity contribution in [2.45, 2.75) is 39.8 Å². The molecule has 9 nitrogen and oxygen atoms in total. The number of rotatable bonds is 9. The highest BCUT2D eigenvalue weighted by Gasteiger charge is 2.22. The second kappa shape index (κ2) is 11.4. The molecule has 3 heterocycles. The molecule has 38 heavy (non-hydrogen) atoms. The maximum absolute atomic E-state index is 12.0. The zero-order chi connectivity index (χ0) is 26.5. The molecule has 0 saturated carbocycles. The Balaban J connectivity index is 1.42.